The van der Waals surface area contributed by atoms with E-state index < -0.39 is 11.8 Å². The number of fused-ring (bicyclic) bond motifs is 2. The maximum absolute atomic E-state index is 13.5. The molecule has 1 N–H and O–H groups in total. The monoisotopic (exact) mass is 341 g/mol. The third kappa shape index (κ3) is 2.12. The van der Waals surface area contributed by atoms with Crippen molar-refractivity contribution < 1.29 is 14.3 Å². The summed E-state index contributed by atoms with van der Waals surface area (Å²) in [6, 6.07) is 2.56. The predicted octanol–water partition coefficient (Wildman–Crippen LogP) is 3.62. The zero-order chi connectivity index (χ0) is 13.6. The van der Waals surface area contributed by atoms with Gasteiger partial charge in [-0.05, 0) is 45.8 Å². The number of carbonyl (C=O) groups is 1. The Bertz CT molecular complexity index is 705. The number of halogens is 2. The molecule has 1 aliphatic heterocycles. The van der Waals surface area contributed by atoms with Gasteiger partial charge in [0.25, 0.3) is 0 Å². The lowest BCUT2D eigenvalue weighted by Gasteiger charge is -2.19. The van der Waals surface area contributed by atoms with Crippen molar-refractivity contribution in [1.29, 1.82) is 0 Å². The molecular formula is C13H9BrFNO2S. The summed E-state index contributed by atoms with van der Waals surface area (Å²) in [5, 5.41) is 9.81. The molecule has 1 aliphatic rings. The molecule has 2 aromatic rings. The summed E-state index contributed by atoms with van der Waals surface area (Å²) in [4.78, 5) is 16.0. The normalized spacial score (nSPS) is 14.4. The van der Waals surface area contributed by atoms with E-state index in [2.05, 4.69) is 20.9 Å². The molecule has 6 heteroatoms. The second-order valence-corrected chi connectivity index (χ2v) is 6.26. The number of carboxylic acids is 1. The first-order valence-electron chi connectivity index (χ1n) is 5.69. The van der Waals surface area contributed by atoms with Crippen LogP contribution < -0.4 is 0 Å². The van der Waals surface area contributed by atoms with E-state index >= 15 is 0 Å². The summed E-state index contributed by atoms with van der Waals surface area (Å²) < 4.78 is 14.0. The molecule has 0 unspecified atom stereocenters. The Labute approximate surface area is 121 Å². The third-order valence-electron chi connectivity index (χ3n) is 3.14. The average molecular weight is 342 g/mol. The van der Waals surface area contributed by atoms with Crippen LogP contribution in [0.5, 0.6) is 0 Å². The molecule has 2 heterocycles. The molecule has 3 rings (SSSR count). The number of carboxylic acid groups (broad SMARTS) is 1. The predicted molar refractivity (Wildman–Crippen MR) is 76.2 cm³/mol. The Kier molecular flexibility index (Phi) is 3.22. The molecular weight excluding hydrogens is 333 g/mol. The molecule has 98 valence electrons. The Hall–Kier alpha value is -1.14. The smallest absolute Gasteiger partial charge is 0.336 e. The van der Waals surface area contributed by atoms with Crippen molar-refractivity contribution in [2.24, 2.45) is 0 Å². The van der Waals surface area contributed by atoms with Crippen LogP contribution in [0.3, 0.4) is 0 Å². The number of hydrogen-bond acceptors (Lipinski definition) is 3. The third-order valence-corrected chi connectivity index (χ3v) is 4.73. The fourth-order valence-corrected chi connectivity index (χ4v) is 3.85. The zero-order valence-corrected chi connectivity index (χ0v) is 12.1. The molecule has 0 radical (unpaired) electrons. The molecule has 0 amide bonds. The van der Waals surface area contributed by atoms with Crippen molar-refractivity contribution in [2.75, 3.05) is 5.75 Å². The van der Waals surface area contributed by atoms with Gasteiger partial charge in [0.15, 0.2) is 0 Å². The molecule has 0 spiro atoms. The van der Waals surface area contributed by atoms with Crippen LogP contribution in [0.2, 0.25) is 0 Å². The lowest BCUT2D eigenvalue weighted by atomic mass is 10.00. The van der Waals surface area contributed by atoms with E-state index in [0.717, 1.165) is 23.4 Å². The topological polar surface area (TPSA) is 50.2 Å². The van der Waals surface area contributed by atoms with Crippen molar-refractivity contribution in [3.63, 3.8) is 0 Å². The van der Waals surface area contributed by atoms with E-state index in [0.29, 0.717) is 21.1 Å². The lowest BCUT2D eigenvalue weighted by molar-refractivity contribution is 0.0698. The van der Waals surface area contributed by atoms with E-state index in [4.69, 9.17) is 0 Å². The van der Waals surface area contributed by atoms with Gasteiger partial charge in [-0.3, -0.25) is 4.98 Å². The summed E-state index contributed by atoms with van der Waals surface area (Å²) in [6.45, 7) is 0. The molecule has 0 saturated carbocycles. The van der Waals surface area contributed by atoms with Crippen molar-refractivity contribution in [1.82, 2.24) is 4.98 Å². The summed E-state index contributed by atoms with van der Waals surface area (Å²) in [6.07, 6.45) is 0.750. The van der Waals surface area contributed by atoms with Gasteiger partial charge in [-0.1, -0.05) is 0 Å². The summed E-state index contributed by atoms with van der Waals surface area (Å²) >= 11 is 4.94. The number of aryl methyl sites for hydroxylation is 1. The first-order chi connectivity index (χ1) is 9.08. The van der Waals surface area contributed by atoms with E-state index in [1.54, 1.807) is 11.8 Å². The lowest BCUT2D eigenvalue weighted by Crippen LogP contribution is -2.13. The molecule has 1 aromatic heterocycles. The summed E-state index contributed by atoms with van der Waals surface area (Å²) in [5.74, 6) is 0.0629. The SMILES string of the molecule is O=C(O)c1c2c(nc3c(Br)cc(F)cc13)CCSC2. The molecule has 3 nitrogen and oxygen atoms in total. The van der Waals surface area contributed by atoms with Crippen LogP contribution in [0.1, 0.15) is 21.6 Å². The molecule has 0 bridgehead atoms. The second-order valence-electron chi connectivity index (χ2n) is 4.30. The highest BCUT2D eigenvalue weighted by molar-refractivity contribution is 9.10. The van der Waals surface area contributed by atoms with Gasteiger partial charge in [-0.25, -0.2) is 9.18 Å². The zero-order valence-electron chi connectivity index (χ0n) is 9.74. The number of benzene rings is 1. The highest BCUT2D eigenvalue weighted by Crippen LogP contribution is 2.34. The van der Waals surface area contributed by atoms with E-state index in [1.165, 1.54) is 12.1 Å². The Morgan fingerprint density at radius 3 is 3.00 bits per heavy atom. The summed E-state index contributed by atoms with van der Waals surface area (Å²) in [7, 11) is 0. The Morgan fingerprint density at radius 1 is 1.47 bits per heavy atom. The molecule has 1 aromatic carbocycles. The number of nitrogens with zero attached hydrogens (tertiary/aromatic N) is 1. The standard InChI is InChI=1S/C13H9BrFNO2S/c14-9-4-6(15)3-7-11(13(17)18)8-5-19-2-1-10(8)16-12(7)9/h3-4H,1-2,5H2,(H,17,18). The Balaban J connectivity index is 2.46. The Morgan fingerprint density at radius 2 is 2.26 bits per heavy atom. The maximum atomic E-state index is 13.5. The van der Waals surface area contributed by atoms with Gasteiger partial charge < -0.3 is 5.11 Å². The number of aromatic carboxylic acids is 1. The van der Waals surface area contributed by atoms with Crippen LogP contribution in [-0.4, -0.2) is 21.8 Å². The average Bonchev–Trinajstić information content (AvgIpc) is 2.36. The van der Waals surface area contributed by atoms with Gasteiger partial charge in [-0.2, -0.15) is 11.8 Å². The summed E-state index contributed by atoms with van der Waals surface area (Å²) in [5.41, 5.74) is 2.25. The van der Waals surface area contributed by atoms with Crippen LogP contribution in [0.25, 0.3) is 10.9 Å². The van der Waals surface area contributed by atoms with Crippen molar-refractivity contribution >= 4 is 44.6 Å². The maximum Gasteiger partial charge on any atom is 0.336 e. The van der Waals surface area contributed by atoms with Gasteiger partial charge in [0, 0.05) is 21.3 Å². The molecule has 0 aliphatic carbocycles. The van der Waals surface area contributed by atoms with E-state index in [-0.39, 0.29) is 5.56 Å². The van der Waals surface area contributed by atoms with Gasteiger partial charge in [0.05, 0.1) is 11.1 Å². The molecule has 19 heavy (non-hydrogen) atoms. The van der Waals surface area contributed by atoms with Crippen molar-refractivity contribution in [3.05, 3.63) is 39.2 Å². The quantitative estimate of drug-likeness (QED) is 0.860. The highest BCUT2D eigenvalue weighted by Gasteiger charge is 2.23. The van der Waals surface area contributed by atoms with Crippen LogP contribution >= 0.6 is 27.7 Å². The fourth-order valence-electron chi connectivity index (χ4n) is 2.33. The number of thioether (sulfide) groups is 1. The largest absolute Gasteiger partial charge is 0.478 e. The number of rotatable bonds is 1. The molecule has 0 atom stereocenters. The number of hydrogen-bond donors (Lipinski definition) is 1. The van der Waals surface area contributed by atoms with Gasteiger partial charge >= 0.3 is 5.97 Å². The van der Waals surface area contributed by atoms with Crippen molar-refractivity contribution in [3.8, 4) is 0 Å². The van der Waals surface area contributed by atoms with Crippen LogP contribution in [0, 0.1) is 5.82 Å². The van der Waals surface area contributed by atoms with Crippen molar-refractivity contribution in [2.45, 2.75) is 12.2 Å². The molecule has 0 fully saturated rings. The minimum absolute atomic E-state index is 0.187. The van der Waals surface area contributed by atoms with Crippen LogP contribution in [0.15, 0.2) is 16.6 Å². The first kappa shape index (κ1) is 12.9. The van der Waals surface area contributed by atoms with Gasteiger partial charge in [0.1, 0.15) is 5.82 Å². The fraction of sp³-hybridized carbons (Fsp3) is 0.231. The second kappa shape index (κ2) is 4.76. The molecule has 0 saturated heterocycles. The number of pyridine rings is 1. The first-order valence-corrected chi connectivity index (χ1v) is 7.64. The minimum atomic E-state index is -1.02. The van der Waals surface area contributed by atoms with Crippen LogP contribution in [-0.2, 0) is 12.2 Å². The van der Waals surface area contributed by atoms with Crippen LogP contribution in [0.4, 0.5) is 4.39 Å². The highest BCUT2D eigenvalue weighted by atomic mass is 79.9. The van der Waals surface area contributed by atoms with Gasteiger partial charge in [0.2, 0.25) is 0 Å². The minimum Gasteiger partial charge on any atom is -0.478 e. The number of aromatic nitrogens is 1. The van der Waals surface area contributed by atoms with Gasteiger partial charge in [-0.15, -0.1) is 0 Å². The van der Waals surface area contributed by atoms with E-state index in [9.17, 15) is 14.3 Å². The van der Waals surface area contributed by atoms with E-state index in [1.807, 2.05) is 0 Å².